The van der Waals surface area contributed by atoms with Crippen LogP contribution in [0.4, 0.5) is 4.39 Å². The van der Waals surface area contributed by atoms with E-state index in [0.717, 1.165) is 18.4 Å². The van der Waals surface area contributed by atoms with Crippen molar-refractivity contribution in [3.05, 3.63) is 35.4 Å². The predicted molar refractivity (Wildman–Crippen MR) is 60.6 cm³/mol. The van der Waals surface area contributed by atoms with Crippen molar-refractivity contribution in [2.75, 3.05) is 0 Å². The summed E-state index contributed by atoms with van der Waals surface area (Å²) < 4.78 is 15.7. The molecular formula is C11H10ClFN4. The monoisotopic (exact) mass is 252 g/mol. The summed E-state index contributed by atoms with van der Waals surface area (Å²) in [6.45, 7) is 0. The van der Waals surface area contributed by atoms with Crippen molar-refractivity contribution in [2.24, 2.45) is 0 Å². The highest BCUT2D eigenvalue weighted by Gasteiger charge is 2.28. The molecule has 0 atom stereocenters. The van der Waals surface area contributed by atoms with E-state index in [1.54, 1.807) is 6.07 Å². The van der Waals surface area contributed by atoms with Gasteiger partial charge in [-0.15, -0.1) is 16.7 Å². The Bertz CT molecular complexity index is 537. The quantitative estimate of drug-likeness (QED) is 0.788. The van der Waals surface area contributed by atoms with Crippen molar-refractivity contribution in [2.45, 2.75) is 24.6 Å². The zero-order chi connectivity index (χ0) is 11.8. The maximum atomic E-state index is 14.2. The molecule has 0 unspecified atom stereocenters. The molecule has 2 aromatic rings. The Hall–Kier alpha value is -1.49. The van der Waals surface area contributed by atoms with Gasteiger partial charge in [0.15, 0.2) is 0 Å². The summed E-state index contributed by atoms with van der Waals surface area (Å²) in [7, 11) is 0. The third kappa shape index (κ3) is 1.80. The first-order valence-corrected chi connectivity index (χ1v) is 5.95. The minimum atomic E-state index is -0.212. The van der Waals surface area contributed by atoms with Crippen molar-refractivity contribution in [1.29, 1.82) is 0 Å². The average molecular weight is 253 g/mol. The molecule has 1 aliphatic rings. The fraction of sp³-hybridized carbons (Fsp3) is 0.364. The lowest BCUT2D eigenvalue weighted by Crippen LogP contribution is -2.04. The first kappa shape index (κ1) is 10.7. The van der Waals surface area contributed by atoms with Crippen molar-refractivity contribution >= 4 is 11.6 Å². The molecule has 0 saturated heterocycles. The smallest absolute Gasteiger partial charge is 0.143 e. The molecule has 3 rings (SSSR count). The highest BCUT2D eigenvalue weighted by molar-refractivity contribution is 6.17. The number of tetrazole rings is 1. The Morgan fingerprint density at radius 3 is 2.82 bits per heavy atom. The lowest BCUT2D eigenvalue weighted by molar-refractivity contribution is 0.596. The van der Waals surface area contributed by atoms with Gasteiger partial charge in [0.25, 0.3) is 0 Å². The van der Waals surface area contributed by atoms with Crippen LogP contribution in [-0.4, -0.2) is 20.2 Å². The third-order valence-electron chi connectivity index (χ3n) is 2.99. The van der Waals surface area contributed by atoms with E-state index in [0.29, 0.717) is 17.2 Å². The van der Waals surface area contributed by atoms with Gasteiger partial charge in [0.1, 0.15) is 12.1 Å². The average Bonchev–Trinajstić information content (AvgIpc) is 3.03. The number of hydrogen-bond acceptors (Lipinski definition) is 3. The van der Waals surface area contributed by atoms with E-state index < -0.39 is 0 Å². The molecule has 0 radical (unpaired) electrons. The second-order valence-electron chi connectivity index (χ2n) is 4.13. The number of alkyl halides is 1. The van der Waals surface area contributed by atoms with Crippen molar-refractivity contribution < 1.29 is 4.39 Å². The molecule has 0 N–H and O–H groups in total. The Balaban J connectivity index is 2.13. The van der Waals surface area contributed by atoms with Gasteiger partial charge in [-0.25, -0.2) is 9.07 Å². The number of halogens is 2. The maximum absolute atomic E-state index is 14.2. The molecule has 1 fully saturated rings. The molecule has 0 bridgehead atoms. The van der Waals surface area contributed by atoms with Gasteiger partial charge < -0.3 is 0 Å². The summed E-state index contributed by atoms with van der Waals surface area (Å²) in [6.07, 6.45) is 3.55. The van der Waals surface area contributed by atoms with Crippen LogP contribution in [0.25, 0.3) is 5.69 Å². The Morgan fingerprint density at radius 1 is 1.41 bits per heavy atom. The Morgan fingerprint density at radius 2 is 2.24 bits per heavy atom. The van der Waals surface area contributed by atoms with Crippen LogP contribution >= 0.6 is 11.6 Å². The topological polar surface area (TPSA) is 43.6 Å². The van der Waals surface area contributed by atoms with Crippen LogP contribution in [0.5, 0.6) is 0 Å². The van der Waals surface area contributed by atoms with Gasteiger partial charge in [0.05, 0.1) is 11.6 Å². The van der Waals surface area contributed by atoms with Gasteiger partial charge in [-0.3, -0.25) is 0 Å². The summed E-state index contributed by atoms with van der Waals surface area (Å²) in [5.74, 6) is 0.261. The highest BCUT2D eigenvalue weighted by atomic mass is 35.5. The molecule has 0 amide bonds. The zero-order valence-corrected chi connectivity index (χ0v) is 9.73. The first-order chi connectivity index (χ1) is 8.31. The molecule has 0 spiro atoms. The van der Waals surface area contributed by atoms with Crippen LogP contribution in [0, 0.1) is 5.82 Å². The van der Waals surface area contributed by atoms with Crippen LogP contribution in [0.1, 0.15) is 29.9 Å². The van der Waals surface area contributed by atoms with Gasteiger partial charge in [0, 0.05) is 5.56 Å². The molecule has 1 aromatic heterocycles. The molecule has 4 nitrogen and oxygen atoms in total. The van der Waals surface area contributed by atoms with Gasteiger partial charge in [-0.05, 0) is 40.8 Å². The molecule has 6 heteroatoms. The van der Waals surface area contributed by atoms with Gasteiger partial charge in [-0.1, -0.05) is 6.07 Å². The summed E-state index contributed by atoms with van der Waals surface area (Å²) in [4.78, 5) is 0. The normalized spacial score (nSPS) is 15.2. The van der Waals surface area contributed by atoms with E-state index in [4.69, 9.17) is 11.6 Å². The maximum Gasteiger partial charge on any atom is 0.143 e. The van der Waals surface area contributed by atoms with Crippen molar-refractivity contribution in [3.8, 4) is 5.69 Å². The van der Waals surface area contributed by atoms with Crippen LogP contribution in [0.3, 0.4) is 0 Å². The zero-order valence-electron chi connectivity index (χ0n) is 8.98. The predicted octanol–water partition coefficient (Wildman–Crippen LogP) is 2.42. The largest absolute Gasteiger partial charge is 0.206 e. The molecule has 88 valence electrons. The summed E-state index contributed by atoms with van der Waals surface area (Å²) in [6, 6.07) is 3.63. The fourth-order valence-electron chi connectivity index (χ4n) is 1.95. The van der Waals surface area contributed by atoms with E-state index in [1.165, 1.54) is 11.0 Å². The summed E-state index contributed by atoms with van der Waals surface area (Å²) in [5, 5.41) is 10.8. The van der Waals surface area contributed by atoms with Crippen LogP contribution < -0.4 is 0 Å². The second-order valence-corrected chi connectivity index (χ2v) is 4.40. The molecule has 1 saturated carbocycles. The summed E-state index contributed by atoms with van der Waals surface area (Å²) in [5.41, 5.74) is 1.83. The van der Waals surface area contributed by atoms with E-state index >= 15 is 0 Å². The van der Waals surface area contributed by atoms with Gasteiger partial charge >= 0.3 is 0 Å². The molecule has 17 heavy (non-hydrogen) atoms. The van der Waals surface area contributed by atoms with E-state index in [2.05, 4.69) is 15.5 Å². The SMILES string of the molecule is Fc1c(C2CC2)ccc(-n2cnnn2)c1CCl. The lowest BCUT2D eigenvalue weighted by atomic mass is 10.0. The van der Waals surface area contributed by atoms with Crippen molar-refractivity contribution in [1.82, 2.24) is 20.2 Å². The van der Waals surface area contributed by atoms with E-state index in [-0.39, 0.29) is 11.7 Å². The van der Waals surface area contributed by atoms with Gasteiger partial charge in [0.2, 0.25) is 0 Å². The number of aromatic nitrogens is 4. The number of hydrogen-bond donors (Lipinski definition) is 0. The van der Waals surface area contributed by atoms with Crippen LogP contribution in [0.15, 0.2) is 18.5 Å². The third-order valence-corrected chi connectivity index (χ3v) is 3.26. The molecular weight excluding hydrogens is 243 g/mol. The van der Waals surface area contributed by atoms with Crippen LogP contribution in [-0.2, 0) is 5.88 Å². The van der Waals surface area contributed by atoms with Crippen LogP contribution in [0.2, 0.25) is 0 Å². The van der Waals surface area contributed by atoms with E-state index in [9.17, 15) is 4.39 Å². The Kier molecular flexibility index (Phi) is 2.55. The second kappa shape index (κ2) is 4.07. The summed E-state index contributed by atoms with van der Waals surface area (Å²) >= 11 is 5.83. The van der Waals surface area contributed by atoms with Gasteiger partial charge in [-0.2, -0.15) is 0 Å². The number of nitrogens with zero attached hydrogens (tertiary/aromatic N) is 4. The first-order valence-electron chi connectivity index (χ1n) is 5.42. The van der Waals surface area contributed by atoms with Crippen molar-refractivity contribution in [3.63, 3.8) is 0 Å². The minimum absolute atomic E-state index is 0.113. The lowest BCUT2D eigenvalue weighted by Gasteiger charge is -2.10. The Labute approximate surface area is 102 Å². The standard InChI is InChI=1S/C11H10ClFN4/c12-5-9-10(17-6-14-15-16-17)4-3-8(11(9)13)7-1-2-7/h3-4,6-7H,1-2,5H2. The molecule has 0 aliphatic heterocycles. The number of rotatable bonds is 3. The van der Waals surface area contributed by atoms with E-state index in [1.807, 2.05) is 6.07 Å². The molecule has 1 aromatic carbocycles. The molecule has 1 aliphatic carbocycles. The molecule has 1 heterocycles. The minimum Gasteiger partial charge on any atom is -0.206 e. The highest BCUT2D eigenvalue weighted by Crippen LogP contribution is 2.42. The fourth-order valence-corrected chi connectivity index (χ4v) is 2.21. The number of benzene rings is 1.